The molecule has 6 heavy (non-hydrogen) atoms. The zero-order valence-corrected chi connectivity index (χ0v) is 3.91. The van der Waals surface area contributed by atoms with Gasteiger partial charge < -0.3 is 0 Å². The van der Waals surface area contributed by atoms with Gasteiger partial charge in [-0.1, -0.05) is 13.3 Å². The smallest absolute Gasteiger partial charge is 0.0894 e. The number of hydrogen-bond acceptors (Lipinski definition) is 0. The second-order valence-corrected chi connectivity index (χ2v) is 1.04. The molecule has 0 nitrogen and oxygen atoms in total. The van der Waals surface area contributed by atoms with Crippen molar-refractivity contribution in [1.29, 1.82) is 0 Å². The molecule has 0 spiro atoms. The molecule has 0 N–H and O–H groups in total. The van der Waals surface area contributed by atoms with Gasteiger partial charge in [-0.25, -0.2) is 0 Å². The third kappa shape index (κ3) is 9.13. The van der Waals surface area contributed by atoms with Gasteiger partial charge in [0.15, 0.2) is 0 Å². The number of halogens is 2. The van der Waals surface area contributed by atoms with Crippen LogP contribution in [0.3, 0.4) is 0 Å². The minimum Gasteiger partial charge on any atom is -0.269 e. The van der Waals surface area contributed by atoms with Crippen molar-refractivity contribution >= 4 is 0 Å². The Morgan fingerprint density at radius 3 is 2.00 bits per heavy atom. The first-order valence-electron chi connectivity index (χ1n) is 1.97. The van der Waals surface area contributed by atoms with Crippen LogP contribution in [-0.2, 0) is 0 Å². The van der Waals surface area contributed by atoms with Crippen LogP contribution in [-0.4, -0.2) is 6.67 Å². The SMILES string of the molecule is CCCCF.F. The van der Waals surface area contributed by atoms with Gasteiger partial charge in [-0.15, -0.1) is 0 Å². The fourth-order valence-electron chi connectivity index (χ4n) is 0.134. The highest BCUT2D eigenvalue weighted by atomic mass is 19.1. The number of alkyl halides is 1. The lowest BCUT2D eigenvalue weighted by Crippen LogP contribution is -1.67. The van der Waals surface area contributed by atoms with Crippen LogP contribution in [0.25, 0.3) is 0 Å². The van der Waals surface area contributed by atoms with E-state index in [4.69, 9.17) is 0 Å². The van der Waals surface area contributed by atoms with E-state index in [2.05, 4.69) is 0 Å². The summed E-state index contributed by atoms with van der Waals surface area (Å²) in [6.07, 6.45) is 1.69. The van der Waals surface area contributed by atoms with E-state index in [0.717, 1.165) is 12.8 Å². The summed E-state index contributed by atoms with van der Waals surface area (Å²) in [4.78, 5) is 0. The third-order valence-electron chi connectivity index (χ3n) is 0.487. The molecule has 0 unspecified atom stereocenters. The lowest BCUT2D eigenvalue weighted by Gasteiger charge is -1.76. The normalized spacial score (nSPS) is 7.00. The molecule has 0 aliphatic heterocycles. The zero-order valence-electron chi connectivity index (χ0n) is 3.91. The molecular formula is C4H10F2. The molecule has 0 aliphatic rings. The molecule has 0 saturated heterocycles. The summed E-state index contributed by atoms with van der Waals surface area (Å²) in [5, 5.41) is 0. The third-order valence-corrected chi connectivity index (χ3v) is 0.487. The van der Waals surface area contributed by atoms with Crippen LogP contribution in [0.2, 0.25) is 0 Å². The quantitative estimate of drug-likeness (QED) is 0.492. The molecule has 0 atom stereocenters. The van der Waals surface area contributed by atoms with Crippen molar-refractivity contribution in [2.45, 2.75) is 19.8 Å². The summed E-state index contributed by atoms with van der Waals surface area (Å²) in [6.45, 7) is 1.82. The van der Waals surface area contributed by atoms with Crippen molar-refractivity contribution in [3.63, 3.8) is 0 Å². The maximum Gasteiger partial charge on any atom is 0.0894 e. The van der Waals surface area contributed by atoms with Gasteiger partial charge in [0.05, 0.1) is 6.67 Å². The molecule has 2 heteroatoms. The molecule has 0 saturated carbocycles. The number of hydrogen-bond donors (Lipinski definition) is 0. The van der Waals surface area contributed by atoms with Crippen LogP contribution < -0.4 is 0 Å². The van der Waals surface area contributed by atoms with Crippen molar-refractivity contribution in [3.8, 4) is 0 Å². The van der Waals surface area contributed by atoms with Gasteiger partial charge >= 0.3 is 0 Å². The standard InChI is InChI=1S/C4H9F.FH/c1-2-3-4-5;/h2-4H2,1H3;1H. The zero-order chi connectivity index (χ0) is 4.12. The Morgan fingerprint density at radius 2 is 2.00 bits per heavy atom. The van der Waals surface area contributed by atoms with E-state index in [9.17, 15) is 4.39 Å². The summed E-state index contributed by atoms with van der Waals surface area (Å²) < 4.78 is 11.0. The van der Waals surface area contributed by atoms with Gasteiger partial charge in [0, 0.05) is 0 Å². The largest absolute Gasteiger partial charge is 0.269 e. The average molecular weight is 96.1 g/mol. The monoisotopic (exact) mass is 96.1 g/mol. The van der Waals surface area contributed by atoms with Crippen LogP contribution in [0.15, 0.2) is 0 Å². The van der Waals surface area contributed by atoms with Crippen LogP contribution in [0, 0.1) is 0 Å². The Kier molecular flexibility index (Phi) is 13.7. The van der Waals surface area contributed by atoms with Gasteiger partial charge in [0.1, 0.15) is 0 Å². The highest BCUT2D eigenvalue weighted by molar-refractivity contribution is 4.23. The summed E-state index contributed by atoms with van der Waals surface area (Å²) in [5.74, 6) is 0. The lowest BCUT2D eigenvalue weighted by molar-refractivity contribution is 0.469. The molecule has 0 amide bonds. The molecule has 0 fully saturated rings. The minimum atomic E-state index is -0.156. The number of rotatable bonds is 2. The first-order valence-corrected chi connectivity index (χ1v) is 1.97. The topological polar surface area (TPSA) is 0 Å². The maximum atomic E-state index is 11.0. The molecule has 0 radical (unpaired) electrons. The van der Waals surface area contributed by atoms with Crippen molar-refractivity contribution in [2.75, 3.05) is 6.67 Å². The predicted molar refractivity (Wildman–Crippen MR) is 23.4 cm³/mol. The van der Waals surface area contributed by atoms with E-state index >= 15 is 0 Å². The summed E-state index contributed by atoms with van der Waals surface area (Å²) in [6, 6.07) is 0. The Hall–Kier alpha value is -0.140. The van der Waals surface area contributed by atoms with Gasteiger partial charge in [-0.05, 0) is 6.42 Å². The Morgan fingerprint density at radius 1 is 1.50 bits per heavy atom. The van der Waals surface area contributed by atoms with E-state index in [-0.39, 0.29) is 11.4 Å². The lowest BCUT2D eigenvalue weighted by atomic mass is 10.4. The molecule has 0 aromatic carbocycles. The maximum absolute atomic E-state index is 11.0. The van der Waals surface area contributed by atoms with E-state index < -0.39 is 0 Å². The highest BCUT2D eigenvalue weighted by Gasteiger charge is 1.71. The molecule has 0 rings (SSSR count). The number of unbranched alkanes of at least 4 members (excludes halogenated alkanes) is 1. The first-order chi connectivity index (χ1) is 2.41. The van der Waals surface area contributed by atoms with E-state index in [1.165, 1.54) is 0 Å². The Balaban J connectivity index is 0. The fraction of sp³-hybridized carbons (Fsp3) is 1.00. The van der Waals surface area contributed by atoms with Crippen LogP contribution in [0.5, 0.6) is 0 Å². The summed E-state index contributed by atoms with van der Waals surface area (Å²) in [7, 11) is 0. The van der Waals surface area contributed by atoms with E-state index in [1.807, 2.05) is 6.92 Å². The van der Waals surface area contributed by atoms with Crippen molar-refractivity contribution in [1.82, 2.24) is 0 Å². The van der Waals surface area contributed by atoms with Crippen LogP contribution >= 0.6 is 0 Å². The Labute approximate surface area is 36.7 Å². The molecule has 0 aliphatic carbocycles. The van der Waals surface area contributed by atoms with Crippen molar-refractivity contribution in [2.24, 2.45) is 0 Å². The predicted octanol–water partition coefficient (Wildman–Crippen LogP) is 1.91. The van der Waals surface area contributed by atoms with E-state index in [0.29, 0.717) is 0 Å². The molecule has 0 aromatic heterocycles. The summed E-state index contributed by atoms with van der Waals surface area (Å²) in [5.41, 5.74) is 0. The molecule has 0 aromatic rings. The fourth-order valence-corrected chi connectivity index (χ4v) is 0.134. The summed E-state index contributed by atoms with van der Waals surface area (Å²) >= 11 is 0. The van der Waals surface area contributed by atoms with Crippen molar-refractivity contribution in [3.05, 3.63) is 0 Å². The van der Waals surface area contributed by atoms with Gasteiger partial charge in [0.25, 0.3) is 0 Å². The van der Waals surface area contributed by atoms with Gasteiger partial charge in [-0.3, -0.25) is 9.09 Å². The van der Waals surface area contributed by atoms with Gasteiger partial charge in [0.2, 0.25) is 0 Å². The Bertz CT molecular complexity index is 13.0. The minimum absolute atomic E-state index is 0. The van der Waals surface area contributed by atoms with E-state index in [1.54, 1.807) is 0 Å². The first kappa shape index (κ1) is 9.29. The molecule has 40 valence electrons. The second kappa shape index (κ2) is 8.85. The van der Waals surface area contributed by atoms with Crippen molar-refractivity contribution < 1.29 is 9.09 Å². The van der Waals surface area contributed by atoms with Crippen LogP contribution in [0.1, 0.15) is 19.8 Å². The van der Waals surface area contributed by atoms with Gasteiger partial charge in [-0.2, -0.15) is 0 Å². The second-order valence-electron chi connectivity index (χ2n) is 1.04. The van der Waals surface area contributed by atoms with Crippen LogP contribution in [0.4, 0.5) is 9.09 Å². The molecule has 0 bridgehead atoms. The molecule has 0 heterocycles. The highest BCUT2D eigenvalue weighted by Crippen LogP contribution is 1.83. The average Bonchev–Trinajstić information content (AvgIpc) is 1.41. The molecular weight excluding hydrogens is 86.0 g/mol.